The van der Waals surface area contributed by atoms with E-state index in [1.165, 1.54) is 0 Å². The van der Waals surface area contributed by atoms with Crippen molar-refractivity contribution in [1.82, 2.24) is 4.90 Å². The molecule has 1 amide bonds. The average Bonchev–Trinajstić information content (AvgIpc) is 2.37. The van der Waals surface area contributed by atoms with E-state index in [0.717, 1.165) is 5.75 Å². The van der Waals surface area contributed by atoms with Crippen LogP contribution in [0, 0.1) is 0 Å². The molecule has 0 aliphatic rings. The summed E-state index contributed by atoms with van der Waals surface area (Å²) in [5, 5.41) is 0. The molecule has 0 bridgehead atoms. The number of hydrogen-bond acceptors (Lipinski definition) is 3. The summed E-state index contributed by atoms with van der Waals surface area (Å²) < 4.78 is 10.5. The lowest BCUT2D eigenvalue weighted by atomic mass is 10.3. The maximum Gasteiger partial charge on any atom is 0.248 e. The molecule has 0 aliphatic carbocycles. The Balaban J connectivity index is 2.20. The van der Waals surface area contributed by atoms with Crippen molar-refractivity contribution in [2.45, 2.75) is 6.92 Å². The molecule has 0 aliphatic heterocycles. The van der Waals surface area contributed by atoms with Crippen LogP contribution in [0.2, 0.25) is 0 Å². The summed E-state index contributed by atoms with van der Waals surface area (Å²) >= 11 is 0. The second-order valence-electron chi connectivity index (χ2n) is 3.61. The van der Waals surface area contributed by atoms with Gasteiger partial charge in [0.15, 0.2) is 0 Å². The van der Waals surface area contributed by atoms with E-state index < -0.39 is 0 Å². The summed E-state index contributed by atoms with van der Waals surface area (Å²) in [4.78, 5) is 13.1. The molecule has 0 saturated heterocycles. The minimum atomic E-state index is -0.0245. The lowest BCUT2D eigenvalue weighted by Gasteiger charge is -2.17. The van der Waals surface area contributed by atoms with Gasteiger partial charge in [0, 0.05) is 13.7 Å². The fourth-order valence-electron chi connectivity index (χ4n) is 1.24. The zero-order valence-electron chi connectivity index (χ0n) is 10.4. The smallest absolute Gasteiger partial charge is 0.248 e. The van der Waals surface area contributed by atoms with E-state index in [4.69, 9.17) is 9.47 Å². The van der Waals surface area contributed by atoms with E-state index >= 15 is 0 Å². The van der Waals surface area contributed by atoms with Crippen LogP contribution in [0.25, 0.3) is 0 Å². The summed E-state index contributed by atoms with van der Waals surface area (Å²) in [5.74, 6) is 0.793. The van der Waals surface area contributed by atoms with Gasteiger partial charge < -0.3 is 14.4 Å². The Bertz CT molecular complexity index is 327. The second-order valence-corrected chi connectivity index (χ2v) is 3.61. The van der Waals surface area contributed by atoms with Crippen LogP contribution < -0.4 is 4.74 Å². The summed E-state index contributed by atoms with van der Waals surface area (Å²) in [6, 6.07) is 9.55. The van der Waals surface area contributed by atoms with Gasteiger partial charge in [0.05, 0.1) is 6.54 Å². The Hall–Kier alpha value is -1.55. The molecule has 0 unspecified atom stereocenters. The Kier molecular flexibility index (Phi) is 6.10. The molecule has 4 nitrogen and oxygen atoms in total. The van der Waals surface area contributed by atoms with Crippen molar-refractivity contribution < 1.29 is 14.3 Å². The first-order chi connectivity index (χ1) is 8.24. The third-order valence-corrected chi connectivity index (χ3v) is 2.29. The zero-order valence-corrected chi connectivity index (χ0v) is 10.4. The molecule has 0 saturated carbocycles. The standard InChI is InChI=1S/C13H19NO3/c1-3-16-11-13(15)14(2)9-10-17-12-7-5-4-6-8-12/h4-8H,3,9-11H2,1-2H3. The Morgan fingerprint density at radius 3 is 2.65 bits per heavy atom. The van der Waals surface area contributed by atoms with Crippen molar-refractivity contribution in [2.75, 3.05) is 33.4 Å². The Morgan fingerprint density at radius 1 is 1.29 bits per heavy atom. The number of carbonyl (C=O) groups excluding carboxylic acids is 1. The summed E-state index contributed by atoms with van der Waals surface area (Å²) in [6.07, 6.45) is 0. The number of rotatable bonds is 7. The van der Waals surface area contributed by atoms with Crippen LogP contribution in [-0.2, 0) is 9.53 Å². The molecule has 0 N–H and O–H groups in total. The van der Waals surface area contributed by atoms with Crippen molar-refractivity contribution in [3.8, 4) is 5.75 Å². The van der Waals surface area contributed by atoms with Crippen LogP contribution >= 0.6 is 0 Å². The highest BCUT2D eigenvalue weighted by Crippen LogP contribution is 2.07. The predicted molar refractivity (Wildman–Crippen MR) is 66.1 cm³/mol. The molecule has 1 aromatic rings. The van der Waals surface area contributed by atoms with Crippen LogP contribution in [-0.4, -0.2) is 44.2 Å². The fraction of sp³-hybridized carbons (Fsp3) is 0.462. The van der Waals surface area contributed by atoms with E-state index in [9.17, 15) is 4.79 Å². The van der Waals surface area contributed by atoms with Crippen LogP contribution in [0.15, 0.2) is 30.3 Å². The van der Waals surface area contributed by atoms with E-state index in [0.29, 0.717) is 19.8 Å². The van der Waals surface area contributed by atoms with E-state index in [1.807, 2.05) is 37.3 Å². The summed E-state index contributed by atoms with van der Waals surface area (Å²) in [6.45, 7) is 3.60. The van der Waals surface area contributed by atoms with Gasteiger partial charge >= 0.3 is 0 Å². The first-order valence-corrected chi connectivity index (χ1v) is 5.73. The van der Waals surface area contributed by atoms with Gasteiger partial charge in [-0.25, -0.2) is 0 Å². The number of nitrogens with zero attached hydrogens (tertiary/aromatic N) is 1. The van der Waals surface area contributed by atoms with E-state index in [2.05, 4.69) is 0 Å². The highest BCUT2D eigenvalue weighted by atomic mass is 16.5. The van der Waals surface area contributed by atoms with Crippen LogP contribution in [0.5, 0.6) is 5.75 Å². The van der Waals surface area contributed by atoms with Crippen molar-refractivity contribution in [2.24, 2.45) is 0 Å². The quantitative estimate of drug-likeness (QED) is 0.722. The predicted octanol–water partition coefficient (Wildman–Crippen LogP) is 1.56. The monoisotopic (exact) mass is 237 g/mol. The van der Waals surface area contributed by atoms with Crippen LogP contribution in [0.4, 0.5) is 0 Å². The van der Waals surface area contributed by atoms with Gasteiger partial charge in [-0.1, -0.05) is 18.2 Å². The normalized spacial score (nSPS) is 10.0. The molecule has 1 rings (SSSR count). The lowest BCUT2D eigenvalue weighted by molar-refractivity contribution is -0.134. The number of ether oxygens (including phenoxy) is 2. The number of likely N-dealkylation sites (N-methyl/N-ethyl adjacent to an activating group) is 1. The third kappa shape index (κ3) is 5.36. The van der Waals surface area contributed by atoms with Crippen LogP contribution in [0.1, 0.15) is 6.92 Å². The number of hydrogen-bond donors (Lipinski definition) is 0. The van der Waals surface area contributed by atoms with Gasteiger partial charge in [0.2, 0.25) is 5.91 Å². The molecule has 1 aromatic carbocycles. The number of carbonyl (C=O) groups is 1. The first-order valence-electron chi connectivity index (χ1n) is 5.73. The average molecular weight is 237 g/mol. The highest BCUT2D eigenvalue weighted by molar-refractivity contribution is 5.77. The van der Waals surface area contributed by atoms with E-state index in [1.54, 1.807) is 11.9 Å². The first kappa shape index (κ1) is 13.5. The second kappa shape index (κ2) is 7.68. The van der Waals surface area contributed by atoms with Crippen LogP contribution in [0.3, 0.4) is 0 Å². The lowest BCUT2D eigenvalue weighted by Crippen LogP contribution is -2.33. The molecule has 0 heterocycles. The highest BCUT2D eigenvalue weighted by Gasteiger charge is 2.07. The third-order valence-electron chi connectivity index (χ3n) is 2.29. The summed E-state index contributed by atoms with van der Waals surface area (Å²) in [7, 11) is 1.75. The van der Waals surface area contributed by atoms with Crippen molar-refractivity contribution in [1.29, 1.82) is 0 Å². The molecule has 0 aromatic heterocycles. The van der Waals surface area contributed by atoms with E-state index in [-0.39, 0.29) is 12.5 Å². The molecule has 17 heavy (non-hydrogen) atoms. The van der Waals surface area contributed by atoms with Crippen molar-refractivity contribution in [3.05, 3.63) is 30.3 Å². The number of amides is 1. The van der Waals surface area contributed by atoms with Crippen molar-refractivity contribution >= 4 is 5.91 Å². The molecule has 0 radical (unpaired) electrons. The Labute approximate surface area is 102 Å². The topological polar surface area (TPSA) is 38.8 Å². The molecular formula is C13H19NO3. The SMILES string of the molecule is CCOCC(=O)N(C)CCOc1ccccc1. The largest absolute Gasteiger partial charge is 0.492 e. The maximum absolute atomic E-state index is 11.5. The zero-order chi connectivity index (χ0) is 12.5. The number of para-hydroxylation sites is 1. The minimum Gasteiger partial charge on any atom is -0.492 e. The summed E-state index contributed by atoms with van der Waals surface area (Å²) in [5.41, 5.74) is 0. The number of benzene rings is 1. The van der Waals surface area contributed by atoms with Gasteiger partial charge in [-0.2, -0.15) is 0 Å². The molecule has 0 fully saturated rings. The molecule has 94 valence electrons. The molecule has 4 heteroatoms. The van der Waals surface area contributed by atoms with Gasteiger partial charge in [0.25, 0.3) is 0 Å². The van der Waals surface area contributed by atoms with Crippen molar-refractivity contribution in [3.63, 3.8) is 0 Å². The maximum atomic E-state index is 11.5. The molecule has 0 atom stereocenters. The van der Waals surface area contributed by atoms with Gasteiger partial charge in [-0.05, 0) is 19.1 Å². The Morgan fingerprint density at radius 2 is 2.00 bits per heavy atom. The molecular weight excluding hydrogens is 218 g/mol. The van der Waals surface area contributed by atoms with Gasteiger partial charge in [-0.15, -0.1) is 0 Å². The fourth-order valence-corrected chi connectivity index (χ4v) is 1.24. The minimum absolute atomic E-state index is 0.0245. The molecule has 0 spiro atoms. The van der Waals surface area contributed by atoms with Gasteiger partial charge in [0.1, 0.15) is 19.0 Å². The van der Waals surface area contributed by atoms with Gasteiger partial charge in [-0.3, -0.25) is 4.79 Å².